The fraction of sp³-hybridized carbons (Fsp3) is 0.533. The molecule has 1 aromatic rings. The topological polar surface area (TPSA) is 29.5 Å². The minimum absolute atomic E-state index is 0.438. The molecule has 1 saturated heterocycles. The van der Waals surface area contributed by atoms with Crippen LogP contribution in [0.5, 0.6) is 0 Å². The van der Waals surface area contributed by atoms with Gasteiger partial charge in [0.25, 0.3) is 0 Å². The second-order valence-electron chi connectivity index (χ2n) is 5.33. The summed E-state index contributed by atoms with van der Waals surface area (Å²) in [5, 5.41) is 0. The van der Waals surface area contributed by atoms with Gasteiger partial charge >= 0.3 is 0 Å². The zero-order valence-corrected chi connectivity index (χ0v) is 11.1. The lowest BCUT2D eigenvalue weighted by Crippen LogP contribution is -2.43. The summed E-state index contributed by atoms with van der Waals surface area (Å²) in [4.78, 5) is 13.8. The standard InChI is InChI=1S/C15H21NO2/c1-15(12-17,13-6-4-3-5-7-13)11-16(2)14-8-9-18-10-14/h3-7,12,14H,8-11H2,1-2H3. The highest BCUT2D eigenvalue weighted by Gasteiger charge is 2.31. The molecule has 2 unspecified atom stereocenters. The minimum Gasteiger partial charge on any atom is -0.380 e. The third kappa shape index (κ3) is 2.79. The third-order valence-corrected chi connectivity index (χ3v) is 3.80. The highest BCUT2D eigenvalue weighted by Crippen LogP contribution is 2.24. The highest BCUT2D eigenvalue weighted by molar-refractivity contribution is 5.68. The number of benzene rings is 1. The summed E-state index contributed by atoms with van der Waals surface area (Å²) in [6.07, 6.45) is 2.12. The number of ether oxygens (including phenoxy) is 1. The monoisotopic (exact) mass is 247 g/mol. The van der Waals surface area contributed by atoms with Crippen LogP contribution in [0.1, 0.15) is 18.9 Å². The average molecular weight is 247 g/mol. The molecule has 0 saturated carbocycles. The van der Waals surface area contributed by atoms with Gasteiger partial charge in [0.15, 0.2) is 0 Å². The Kier molecular flexibility index (Phi) is 4.15. The molecule has 3 heteroatoms. The number of likely N-dealkylation sites (N-methyl/N-ethyl adjacent to an activating group) is 1. The molecule has 98 valence electrons. The van der Waals surface area contributed by atoms with E-state index in [1.54, 1.807) is 0 Å². The molecule has 2 rings (SSSR count). The number of nitrogens with zero attached hydrogens (tertiary/aromatic N) is 1. The summed E-state index contributed by atoms with van der Waals surface area (Å²) >= 11 is 0. The molecule has 1 aliphatic heterocycles. The first-order chi connectivity index (χ1) is 8.65. The first-order valence-corrected chi connectivity index (χ1v) is 6.45. The SMILES string of the molecule is CN(CC(C)(C=O)c1ccccc1)C1CCOC1. The smallest absolute Gasteiger partial charge is 0.131 e. The number of rotatable bonds is 5. The van der Waals surface area contributed by atoms with E-state index in [-0.39, 0.29) is 0 Å². The van der Waals surface area contributed by atoms with Crippen LogP contribution < -0.4 is 0 Å². The van der Waals surface area contributed by atoms with Gasteiger partial charge in [0.1, 0.15) is 6.29 Å². The van der Waals surface area contributed by atoms with Gasteiger partial charge in [-0.25, -0.2) is 0 Å². The van der Waals surface area contributed by atoms with Crippen molar-refractivity contribution in [2.24, 2.45) is 0 Å². The van der Waals surface area contributed by atoms with E-state index in [1.807, 2.05) is 37.3 Å². The zero-order chi connectivity index (χ0) is 13.0. The Morgan fingerprint density at radius 1 is 1.44 bits per heavy atom. The summed E-state index contributed by atoms with van der Waals surface area (Å²) in [5.41, 5.74) is 0.629. The van der Waals surface area contributed by atoms with Crippen LogP contribution in [-0.4, -0.2) is 44.0 Å². The van der Waals surface area contributed by atoms with Crippen LogP contribution in [0, 0.1) is 0 Å². The first kappa shape index (κ1) is 13.2. The van der Waals surface area contributed by atoms with Crippen molar-refractivity contribution in [3.63, 3.8) is 0 Å². The third-order valence-electron chi connectivity index (χ3n) is 3.80. The maximum absolute atomic E-state index is 11.5. The Morgan fingerprint density at radius 3 is 2.72 bits per heavy atom. The predicted octanol–water partition coefficient (Wildman–Crippen LogP) is 1.86. The lowest BCUT2D eigenvalue weighted by molar-refractivity contribution is -0.112. The molecule has 0 amide bonds. The maximum atomic E-state index is 11.5. The Labute approximate surface area is 109 Å². The van der Waals surface area contributed by atoms with Crippen molar-refractivity contribution in [3.8, 4) is 0 Å². The van der Waals surface area contributed by atoms with Gasteiger partial charge in [0, 0.05) is 19.2 Å². The van der Waals surface area contributed by atoms with Crippen molar-refractivity contribution < 1.29 is 9.53 Å². The molecule has 0 aliphatic carbocycles. The molecule has 2 atom stereocenters. The summed E-state index contributed by atoms with van der Waals surface area (Å²) in [6, 6.07) is 10.4. The van der Waals surface area contributed by atoms with E-state index < -0.39 is 5.41 Å². The fourth-order valence-electron chi connectivity index (χ4n) is 2.53. The van der Waals surface area contributed by atoms with Gasteiger partial charge in [-0.1, -0.05) is 30.3 Å². The Hall–Kier alpha value is -1.19. The lowest BCUT2D eigenvalue weighted by atomic mass is 9.83. The number of aldehydes is 1. The van der Waals surface area contributed by atoms with Gasteiger partial charge in [-0.05, 0) is 26.0 Å². The number of hydrogen-bond acceptors (Lipinski definition) is 3. The van der Waals surface area contributed by atoms with Crippen LogP contribution in [0.4, 0.5) is 0 Å². The van der Waals surface area contributed by atoms with Crippen molar-refractivity contribution in [3.05, 3.63) is 35.9 Å². The maximum Gasteiger partial charge on any atom is 0.131 e. The molecular weight excluding hydrogens is 226 g/mol. The van der Waals surface area contributed by atoms with E-state index in [1.165, 1.54) is 0 Å². The molecule has 1 fully saturated rings. The van der Waals surface area contributed by atoms with Crippen molar-refractivity contribution in [2.45, 2.75) is 24.8 Å². The predicted molar refractivity (Wildman–Crippen MR) is 71.7 cm³/mol. The van der Waals surface area contributed by atoms with Crippen LogP contribution in [-0.2, 0) is 14.9 Å². The van der Waals surface area contributed by atoms with Gasteiger partial charge in [-0.2, -0.15) is 0 Å². The van der Waals surface area contributed by atoms with E-state index in [0.717, 1.165) is 38.0 Å². The summed E-state index contributed by atoms with van der Waals surface area (Å²) < 4.78 is 5.40. The quantitative estimate of drug-likeness (QED) is 0.744. The molecule has 1 aromatic carbocycles. The molecular formula is C15H21NO2. The normalized spacial score (nSPS) is 22.9. The van der Waals surface area contributed by atoms with Gasteiger partial charge in [0.2, 0.25) is 0 Å². The average Bonchev–Trinajstić information content (AvgIpc) is 2.93. The largest absolute Gasteiger partial charge is 0.380 e. The molecule has 18 heavy (non-hydrogen) atoms. The molecule has 3 nitrogen and oxygen atoms in total. The van der Waals surface area contributed by atoms with E-state index in [9.17, 15) is 4.79 Å². The van der Waals surface area contributed by atoms with Gasteiger partial charge in [-0.3, -0.25) is 4.90 Å². The fourth-order valence-corrected chi connectivity index (χ4v) is 2.53. The van der Waals surface area contributed by atoms with Crippen LogP contribution >= 0.6 is 0 Å². The lowest BCUT2D eigenvalue weighted by Gasteiger charge is -2.32. The van der Waals surface area contributed by atoms with Crippen LogP contribution in [0.15, 0.2) is 30.3 Å². The molecule has 1 aliphatic rings. The minimum atomic E-state index is -0.446. The summed E-state index contributed by atoms with van der Waals surface area (Å²) in [7, 11) is 2.07. The summed E-state index contributed by atoms with van der Waals surface area (Å²) in [6.45, 7) is 4.34. The van der Waals surface area contributed by atoms with E-state index in [2.05, 4.69) is 11.9 Å². The molecule has 0 aromatic heterocycles. The van der Waals surface area contributed by atoms with Crippen LogP contribution in [0.25, 0.3) is 0 Å². The number of hydrogen-bond donors (Lipinski definition) is 0. The molecule has 0 radical (unpaired) electrons. The zero-order valence-electron chi connectivity index (χ0n) is 11.1. The second-order valence-corrected chi connectivity index (χ2v) is 5.33. The Morgan fingerprint density at radius 2 is 2.17 bits per heavy atom. The van der Waals surface area contributed by atoms with E-state index >= 15 is 0 Å². The first-order valence-electron chi connectivity index (χ1n) is 6.45. The Bertz CT molecular complexity index is 387. The van der Waals surface area contributed by atoms with E-state index in [4.69, 9.17) is 4.74 Å². The van der Waals surface area contributed by atoms with E-state index in [0.29, 0.717) is 6.04 Å². The molecule has 0 N–H and O–H groups in total. The second kappa shape index (κ2) is 5.63. The number of carbonyl (C=O) groups is 1. The van der Waals surface area contributed by atoms with Crippen LogP contribution in [0.3, 0.4) is 0 Å². The molecule has 0 bridgehead atoms. The highest BCUT2D eigenvalue weighted by atomic mass is 16.5. The molecule has 0 spiro atoms. The number of carbonyl (C=O) groups excluding carboxylic acids is 1. The molecule has 1 heterocycles. The van der Waals surface area contributed by atoms with Crippen molar-refractivity contribution in [1.29, 1.82) is 0 Å². The van der Waals surface area contributed by atoms with Crippen LogP contribution in [0.2, 0.25) is 0 Å². The van der Waals surface area contributed by atoms with Gasteiger partial charge in [-0.15, -0.1) is 0 Å². The van der Waals surface area contributed by atoms with Crippen molar-refractivity contribution in [2.75, 3.05) is 26.8 Å². The summed E-state index contributed by atoms with van der Waals surface area (Å²) in [5.74, 6) is 0. The van der Waals surface area contributed by atoms with Gasteiger partial charge in [0.05, 0.1) is 12.0 Å². The van der Waals surface area contributed by atoms with Crippen molar-refractivity contribution >= 4 is 6.29 Å². The van der Waals surface area contributed by atoms with Crippen molar-refractivity contribution in [1.82, 2.24) is 4.90 Å². The van der Waals surface area contributed by atoms with Gasteiger partial charge < -0.3 is 9.53 Å². The Balaban J connectivity index is 2.10.